The average Bonchev–Trinajstić information content (AvgIpc) is 2.93. The highest BCUT2D eigenvalue weighted by Gasteiger charge is 2.38. The molecule has 1 aliphatic heterocycles. The smallest absolute Gasteiger partial charge is 0.301 e. The zero-order valence-corrected chi connectivity index (χ0v) is 15.4. The van der Waals surface area contributed by atoms with E-state index in [0.29, 0.717) is 15.7 Å². The lowest BCUT2D eigenvalue weighted by Gasteiger charge is -2.30. The van der Waals surface area contributed by atoms with E-state index in [1.54, 1.807) is 12.1 Å². The molecule has 0 atom stereocenters. The van der Waals surface area contributed by atoms with Crippen LogP contribution in [0.5, 0.6) is 0 Å². The van der Waals surface area contributed by atoms with Crippen LogP contribution in [0.3, 0.4) is 0 Å². The normalized spacial score (nSPS) is 13.0. The maximum atomic E-state index is 12.6. The Morgan fingerprint density at radius 2 is 1.35 bits per heavy atom. The van der Waals surface area contributed by atoms with Crippen molar-refractivity contribution in [1.82, 2.24) is 0 Å². The summed E-state index contributed by atoms with van der Waals surface area (Å²) in [5.41, 5.74) is 2.95. The number of para-hydroxylation sites is 2. The summed E-state index contributed by atoms with van der Waals surface area (Å²) in [6, 6.07) is 25.0. The number of amides is 1. The van der Waals surface area contributed by atoms with Crippen LogP contribution in [0.2, 0.25) is 0 Å². The van der Waals surface area contributed by atoms with E-state index in [2.05, 4.69) is 15.9 Å². The number of carbonyl (C=O) groups is 2. The molecule has 3 aromatic rings. The minimum Gasteiger partial charge on any atom is -0.323 e. The van der Waals surface area contributed by atoms with Gasteiger partial charge >= 0.3 is 5.91 Å². The number of ketones is 1. The number of hydrogen-bond donors (Lipinski definition) is 0. The van der Waals surface area contributed by atoms with Crippen LogP contribution in [0.4, 0.5) is 17.1 Å². The van der Waals surface area contributed by atoms with Gasteiger partial charge < -0.3 is 4.90 Å². The summed E-state index contributed by atoms with van der Waals surface area (Å²) in [5, 5.41) is 0. The maximum Gasteiger partial charge on any atom is 0.301 e. The second kappa shape index (κ2) is 6.77. The molecule has 0 saturated heterocycles. The molecule has 5 heteroatoms. The number of anilines is 3. The highest BCUT2D eigenvalue weighted by atomic mass is 79.9. The molecule has 0 aliphatic carbocycles. The molecule has 128 valence electrons. The monoisotopic (exact) mass is 406 g/mol. The van der Waals surface area contributed by atoms with Crippen LogP contribution >= 0.6 is 15.9 Å². The van der Waals surface area contributed by atoms with Gasteiger partial charge in [-0.1, -0.05) is 42.5 Å². The van der Waals surface area contributed by atoms with E-state index in [9.17, 15) is 9.59 Å². The highest BCUT2D eigenvalue weighted by molar-refractivity contribution is 9.10. The van der Waals surface area contributed by atoms with E-state index in [4.69, 9.17) is 0 Å². The Labute approximate surface area is 159 Å². The minimum atomic E-state index is -0.510. The number of hydrogen-bond acceptors (Lipinski definition) is 3. The maximum absolute atomic E-state index is 12.6. The van der Waals surface area contributed by atoms with Gasteiger partial charge in [0.05, 0.1) is 11.3 Å². The molecule has 0 saturated carbocycles. The molecule has 0 spiro atoms. The molecule has 4 nitrogen and oxygen atoms in total. The first-order valence-electron chi connectivity index (χ1n) is 8.19. The molecule has 4 rings (SSSR count). The van der Waals surface area contributed by atoms with Crippen LogP contribution in [0.15, 0.2) is 83.3 Å². The Morgan fingerprint density at radius 3 is 1.92 bits per heavy atom. The molecule has 26 heavy (non-hydrogen) atoms. The largest absolute Gasteiger partial charge is 0.323 e. The summed E-state index contributed by atoms with van der Waals surface area (Å²) < 4.78 is 0.641. The number of rotatable bonds is 4. The summed E-state index contributed by atoms with van der Waals surface area (Å²) in [6.07, 6.45) is 0. The standard InChI is InChI=1S/C21H15BrN2O2/c22-17-12-7-13-18-19(17)20(25)21(26)24(18)14-23(15-8-3-1-4-9-15)16-10-5-2-6-11-16/h1-13H,14H2. The Hall–Kier alpha value is -2.92. The van der Waals surface area contributed by atoms with E-state index in [1.807, 2.05) is 71.6 Å². The van der Waals surface area contributed by atoms with Gasteiger partial charge in [-0.25, -0.2) is 0 Å². The zero-order valence-electron chi connectivity index (χ0n) is 13.8. The molecule has 0 unspecified atom stereocenters. The van der Waals surface area contributed by atoms with Crippen molar-refractivity contribution < 1.29 is 9.59 Å². The van der Waals surface area contributed by atoms with Gasteiger partial charge in [0.2, 0.25) is 0 Å². The minimum absolute atomic E-state index is 0.252. The summed E-state index contributed by atoms with van der Waals surface area (Å²) >= 11 is 3.39. The van der Waals surface area contributed by atoms with Crippen LogP contribution < -0.4 is 9.80 Å². The Balaban J connectivity index is 1.77. The lowest BCUT2D eigenvalue weighted by Crippen LogP contribution is -2.39. The fourth-order valence-electron chi connectivity index (χ4n) is 3.11. The van der Waals surface area contributed by atoms with E-state index >= 15 is 0 Å². The van der Waals surface area contributed by atoms with Gasteiger partial charge in [-0.15, -0.1) is 0 Å². The average molecular weight is 407 g/mol. The van der Waals surface area contributed by atoms with Crippen LogP contribution in [0.1, 0.15) is 10.4 Å². The lowest BCUT2D eigenvalue weighted by molar-refractivity contribution is -0.114. The third kappa shape index (κ3) is 2.80. The molecule has 0 aromatic heterocycles. The predicted molar refractivity (Wildman–Crippen MR) is 106 cm³/mol. The van der Waals surface area contributed by atoms with E-state index < -0.39 is 11.7 Å². The van der Waals surface area contributed by atoms with Crippen molar-refractivity contribution in [2.75, 3.05) is 16.5 Å². The third-order valence-corrected chi connectivity index (χ3v) is 5.03. The van der Waals surface area contributed by atoms with Gasteiger partial charge in [-0.05, 0) is 52.3 Å². The van der Waals surface area contributed by atoms with E-state index in [-0.39, 0.29) is 6.67 Å². The molecular formula is C21H15BrN2O2. The fraction of sp³-hybridized carbons (Fsp3) is 0.0476. The van der Waals surface area contributed by atoms with E-state index in [1.165, 1.54) is 4.90 Å². The third-order valence-electron chi connectivity index (χ3n) is 4.37. The van der Waals surface area contributed by atoms with Gasteiger partial charge in [0.25, 0.3) is 5.78 Å². The highest BCUT2D eigenvalue weighted by Crippen LogP contribution is 2.36. The zero-order chi connectivity index (χ0) is 18.1. The fourth-order valence-corrected chi connectivity index (χ4v) is 3.65. The molecule has 0 fully saturated rings. The number of carbonyl (C=O) groups excluding carboxylic acids is 2. The molecule has 0 N–H and O–H groups in total. The number of nitrogens with zero attached hydrogens (tertiary/aromatic N) is 2. The Morgan fingerprint density at radius 1 is 0.769 bits per heavy atom. The van der Waals surface area contributed by atoms with Crippen LogP contribution in [-0.4, -0.2) is 18.4 Å². The topological polar surface area (TPSA) is 40.6 Å². The van der Waals surface area contributed by atoms with Crippen molar-refractivity contribution in [3.63, 3.8) is 0 Å². The van der Waals surface area contributed by atoms with Gasteiger partial charge in [-0.3, -0.25) is 14.5 Å². The first-order valence-corrected chi connectivity index (χ1v) is 8.98. The molecule has 3 aromatic carbocycles. The van der Waals surface area contributed by atoms with Crippen molar-refractivity contribution in [2.24, 2.45) is 0 Å². The van der Waals surface area contributed by atoms with Crippen molar-refractivity contribution in [1.29, 1.82) is 0 Å². The first-order chi connectivity index (χ1) is 12.7. The van der Waals surface area contributed by atoms with Gasteiger partial charge in [0, 0.05) is 15.8 Å². The summed E-state index contributed by atoms with van der Waals surface area (Å²) in [6.45, 7) is 0.252. The van der Waals surface area contributed by atoms with E-state index in [0.717, 1.165) is 11.4 Å². The van der Waals surface area contributed by atoms with Gasteiger partial charge in [0.15, 0.2) is 0 Å². The SMILES string of the molecule is O=C1C(=O)N(CN(c2ccccc2)c2ccccc2)c2cccc(Br)c21. The quantitative estimate of drug-likeness (QED) is 0.585. The van der Waals surface area contributed by atoms with Crippen LogP contribution in [0.25, 0.3) is 0 Å². The Bertz CT molecular complexity index is 934. The van der Waals surface area contributed by atoms with Crippen LogP contribution in [0, 0.1) is 0 Å². The molecule has 0 radical (unpaired) electrons. The van der Waals surface area contributed by atoms with Gasteiger partial charge in [-0.2, -0.15) is 0 Å². The number of fused-ring (bicyclic) bond motifs is 1. The van der Waals surface area contributed by atoms with Crippen molar-refractivity contribution in [3.8, 4) is 0 Å². The summed E-state index contributed by atoms with van der Waals surface area (Å²) in [7, 11) is 0. The van der Waals surface area contributed by atoms with Crippen molar-refractivity contribution in [3.05, 3.63) is 88.9 Å². The second-order valence-corrected chi connectivity index (χ2v) is 6.79. The summed E-state index contributed by atoms with van der Waals surface area (Å²) in [4.78, 5) is 28.6. The number of benzene rings is 3. The predicted octanol–water partition coefficient (Wildman–Crippen LogP) is 4.77. The first kappa shape index (κ1) is 16.5. The number of halogens is 1. The van der Waals surface area contributed by atoms with Crippen molar-refractivity contribution >= 4 is 44.7 Å². The summed E-state index contributed by atoms with van der Waals surface area (Å²) in [5.74, 6) is -0.989. The van der Waals surface area contributed by atoms with Crippen LogP contribution in [-0.2, 0) is 4.79 Å². The second-order valence-electron chi connectivity index (χ2n) is 5.94. The van der Waals surface area contributed by atoms with Crippen molar-refractivity contribution in [2.45, 2.75) is 0 Å². The number of Topliss-reactive ketones (excluding diaryl/α,β-unsaturated/α-hetero) is 1. The molecule has 1 heterocycles. The Kier molecular flexibility index (Phi) is 4.31. The van der Waals surface area contributed by atoms with Gasteiger partial charge in [0.1, 0.15) is 6.67 Å². The molecular weight excluding hydrogens is 392 g/mol. The molecule has 1 amide bonds. The molecule has 1 aliphatic rings. The molecule has 0 bridgehead atoms. The lowest BCUT2D eigenvalue weighted by atomic mass is 10.1.